The summed E-state index contributed by atoms with van der Waals surface area (Å²) in [6, 6.07) is 32.3. The van der Waals surface area contributed by atoms with Gasteiger partial charge >= 0.3 is 0 Å². The zero-order chi connectivity index (χ0) is 25.3. The fourth-order valence-corrected chi connectivity index (χ4v) is 3.58. The van der Waals surface area contributed by atoms with Crippen LogP contribution in [0.2, 0.25) is 0 Å². The van der Waals surface area contributed by atoms with Gasteiger partial charge in [0.2, 0.25) is 5.91 Å². The minimum absolute atomic E-state index is 0.00672. The number of nitrogens with zero attached hydrogens (tertiary/aromatic N) is 1. The Morgan fingerprint density at radius 2 is 1.22 bits per heavy atom. The maximum Gasteiger partial charge on any atom is 0.258 e. The van der Waals surface area contributed by atoms with Crippen LogP contribution < -0.4 is 20.9 Å². The van der Waals surface area contributed by atoms with Crippen LogP contribution in [0, 0.1) is 0 Å². The smallest absolute Gasteiger partial charge is 0.258 e. The SMILES string of the molecule is CN(C(=O)c1cccc(NCC(=O)Nc2cccc(NC(=O)c3ccccc3)c2)c1)c1ccccc1. The molecule has 0 saturated heterocycles. The summed E-state index contributed by atoms with van der Waals surface area (Å²) >= 11 is 0. The highest BCUT2D eigenvalue weighted by Gasteiger charge is 2.14. The van der Waals surface area contributed by atoms with Gasteiger partial charge in [0.15, 0.2) is 0 Å². The summed E-state index contributed by atoms with van der Waals surface area (Å²) in [6.45, 7) is 0.00672. The van der Waals surface area contributed by atoms with Crippen LogP contribution in [0.5, 0.6) is 0 Å². The first-order valence-corrected chi connectivity index (χ1v) is 11.4. The van der Waals surface area contributed by atoms with Gasteiger partial charge in [0.1, 0.15) is 0 Å². The lowest BCUT2D eigenvalue weighted by atomic mass is 10.1. The molecule has 0 spiro atoms. The Labute approximate surface area is 209 Å². The molecule has 0 aliphatic heterocycles. The maximum atomic E-state index is 12.9. The molecule has 3 N–H and O–H groups in total. The number of nitrogens with one attached hydrogen (secondary N) is 3. The molecule has 0 saturated carbocycles. The Bertz CT molecular complexity index is 1360. The van der Waals surface area contributed by atoms with Crippen LogP contribution in [0.15, 0.2) is 109 Å². The molecular weight excluding hydrogens is 452 g/mol. The molecule has 0 bridgehead atoms. The molecule has 0 aromatic heterocycles. The molecule has 7 heteroatoms. The number of hydrogen-bond donors (Lipinski definition) is 3. The molecule has 4 aromatic rings. The summed E-state index contributed by atoms with van der Waals surface area (Å²) in [5.74, 6) is -0.642. The first-order chi connectivity index (χ1) is 17.5. The third-order valence-corrected chi connectivity index (χ3v) is 5.45. The van der Waals surface area contributed by atoms with Crippen molar-refractivity contribution in [1.29, 1.82) is 0 Å². The minimum atomic E-state index is -0.264. The summed E-state index contributed by atoms with van der Waals surface area (Å²) in [5.41, 5.74) is 3.63. The second-order valence-electron chi connectivity index (χ2n) is 8.08. The lowest BCUT2D eigenvalue weighted by Gasteiger charge is -2.18. The monoisotopic (exact) mass is 478 g/mol. The molecule has 0 heterocycles. The molecule has 0 radical (unpaired) electrons. The molecule has 4 aromatic carbocycles. The number of para-hydroxylation sites is 1. The van der Waals surface area contributed by atoms with Gasteiger partial charge in [-0.15, -0.1) is 0 Å². The molecular formula is C29H26N4O3. The van der Waals surface area contributed by atoms with E-state index in [1.807, 2.05) is 36.4 Å². The minimum Gasteiger partial charge on any atom is -0.376 e. The molecule has 7 nitrogen and oxygen atoms in total. The normalized spacial score (nSPS) is 10.2. The van der Waals surface area contributed by atoms with E-state index in [4.69, 9.17) is 0 Å². The number of anilines is 4. The average molecular weight is 479 g/mol. The quantitative estimate of drug-likeness (QED) is 0.322. The first kappa shape index (κ1) is 24.2. The van der Waals surface area contributed by atoms with E-state index in [0.717, 1.165) is 5.69 Å². The predicted molar refractivity (Wildman–Crippen MR) is 144 cm³/mol. The van der Waals surface area contributed by atoms with E-state index in [1.54, 1.807) is 84.7 Å². The lowest BCUT2D eigenvalue weighted by Crippen LogP contribution is -2.26. The first-order valence-electron chi connectivity index (χ1n) is 11.4. The third-order valence-electron chi connectivity index (χ3n) is 5.45. The Hall–Kier alpha value is -4.91. The number of hydrogen-bond acceptors (Lipinski definition) is 4. The van der Waals surface area contributed by atoms with Crippen molar-refractivity contribution in [3.8, 4) is 0 Å². The van der Waals surface area contributed by atoms with E-state index < -0.39 is 0 Å². The molecule has 0 atom stereocenters. The highest BCUT2D eigenvalue weighted by Crippen LogP contribution is 2.18. The van der Waals surface area contributed by atoms with Gasteiger partial charge in [-0.3, -0.25) is 14.4 Å². The van der Waals surface area contributed by atoms with Crippen LogP contribution in [0.1, 0.15) is 20.7 Å². The van der Waals surface area contributed by atoms with Gasteiger partial charge in [-0.05, 0) is 60.7 Å². The van der Waals surface area contributed by atoms with Gasteiger partial charge in [0.25, 0.3) is 11.8 Å². The van der Waals surface area contributed by atoms with Crippen LogP contribution in [-0.2, 0) is 4.79 Å². The van der Waals surface area contributed by atoms with Crippen LogP contribution in [-0.4, -0.2) is 31.3 Å². The van der Waals surface area contributed by atoms with Crippen molar-refractivity contribution >= 4 is 40.5 Å². The Morgan fingerprint density at radius 3 is 1.94 bits per heavy atom. The zero-order valence-electron chi connectivity index (χ0n) is 19.8. The van der Waals surface area contributed by atoms with Crippen molar-refractivity contribution in [3.05, 3.63) is 120 Å². The van der Waals surface area contributed by atoms with Gasteiger partial charge in [-0.2, -0.15) is 0 Å². The highest BCUT2D eigenvalue weighted by atomic mass is 16.2. The van der Waals surface area contributed by atoms with E-state index in [0.29, 0.717) is 28.2 Å². The molecule has 0 unspecified atom stereocenters. The number of amides is 3. The van der Waals surface area contributed by atoms with E-state index in [2.05, 4.69) is 16.0 Å². The average Bonchev–Trinajstić information content (AvgIpc) is 2.92. The van der Waals surface area contributed by atoms with Crippen LogP contribution in [0.4, 0.5) is 22.7 Å². The van der Waals surface area contributed by atoms with Crippen molar-refractivity contribution in [3.63, 3.8) is 0 Å². The maximum absolute atomic E-state index is 12.9. The fraction of sp³-hybridized carbons (Fsp3) is 0.0690. The summed E-state index contributed by atoms with van der Waals surface area (Å²) in [4.78, 5) is 39.3. The number of carbonyl (C=O) groups is 3. The Kier molecular flexibility index (Phi) is 7.73. The summed E-state index contributed by atoms with van der Waals surface area (Å²) < 4.78 is 0. The topological polar surface area (TPSA) is 90.5 Å². The van der Waals surface area contributed by atoms with Crippen molar-refractivity contribution < 1.29 is 14.4 Å². The standard InChI is InChI=1S/C29H26N4O3/c1-33(26-16-6-3-7-17-26)29(36)22-12-8-13-23(18-22)30-20-27(34)31-24-14-9-15-25(19-24)32-28(35)21-10-4-2-5-11-21/h2-19,30H,20H2,1H3,(H,31,34)(H,32,35). The van der Waals surface area contributed by atoms with Crippen molar-refractivity contribution in [2.75, 3.05) is 34.4 Å². The van der Waals surface area contributed by atoms with Crippen molar-refractivity contribution in [2.24, 2.45) is 0 Å². The van der Waals surface area contributed by atoms with Gasteiger partial charge < -0.3 is 20.9 Å². The highest BCUT2D eigenvalue weighted by molar-refractivity contribution is 6.06. The summed E-state index contributed by atoms with van der Waals surface area (Å²) in [6.07, 6.45) is 0. The van der Waals surface area contributed by atoms with Crippen molar-refractivity contribution in [1.82, 2.24) is 0 Å². The Balaban J connectivity index is 1.33. The summed E-state index contributed by atoms with van der Waals surface area (Å²) in [7, 11) is 1.72. The molecule has 0 aliphatic rings. The lowest BCUT2D eigenvalue weighted by molar-refractivity contribution is -0.114. The van der Waals surface area contributed by atoms with Crippen molar-refractivity contribution in [2.45, 2.75) is 0 Å². The summed E-state index contributed by atoms with van der Waals surface area (Å²) in [5, 5.41) is 8.69. The third kappa shape index (κ3) is 6.36. The number of benzene rings is 4. The molecule has 36 heavy (non-hydrogen) atoms. The van der Waals surface area contributed by atoms with E-state index in [9.17, 15) is 14.4 Å². The van der Waals surface area contributed by atoms with Crippen LogP contribution in [0.3, 0.4) is 0 Å². The number of carbonyl (C=O) groups excluding carboxylic acids is 3. The van der Waals surface area contributed by atoms with Gasteiger partial charge in [0.05, 0.1) is 6.54 Å². The largest absolute Gasteiger partial charge is 0.376 e. The second kappa shape index (κ2) is 11.5. The molecule has 4 rings (SSSR count). The fourth-order valence-electron chi connectivity index (χ4n) is 3.58. The number of rotatable bonds is 8. The molecule has 3 amide bonds. The van der Waals surface area contributed by atoms with Gasteiger partial charge in [-0.1, -0.05) is 48.5 Å². The molecule has 180 valence electrons. The van der Waals surface area contributed by atoms with E-state index in [-0.39, 0.29) is 24.3 Å². The molecule has 0 aliphatic carbocycles. The van der Waals surface area contributed by atoms with Crippen LogP contribution in [0.25, 0.3) is 0 Å². The molecule has 0 fully saturated rings. The van der Waals surface area contributed by atoms with Crippen LogP contribution >= 0.6 is 0 Å². The van der Waals surface area contributed by atoms with E-state index in [1.165, 1.54) is 0 Å². The van der Waals surface area contributed by atoms with Gasteiger partial charge in [0, 0.05) is 40.9 Å². The Morgan fingerprint density at radius 1 is 0.639 bits per heavy atom. The zero-order valence-corrected chi connectivity index (χ0v) is 19.8. The van der Waals surface area contributed by atoms with E-state index >= 15 is 0 Å². The van der Waals surface area contributed by atoms with Gasteiger partial charge in [-0.25, -0.2) is 0 Å². The second-order valence-corrected chi connectivity index (χ2v) is 8.08. The predicted octanol–water partition coefficient (Wildman–Crippen LogP) is 5.27.